The van der Waals surface area contributed by atoms with Crippen LogP contribution in [0.3, 0.4) is 0 Å². The predicted molar refractivity (Wildman–Crippen MR) is 83.8 cm³/mol. The molecule has 0 spiro atoms. The van der Waals surface area contributed by atoms with Gasteiger partial charge < -0.3 is 5.32 Å². The van der Waals surface area contributed by atoms with Crippen LogP contribution in [0.5, 0.6) is 0 Å². The molecule has 2 fully saturated rings. The lowest BCUT2D eigenvalue weighted by atomic mass is 9.92. The van der Waals surface area contributed by atoms with Crippen LogP contribution in [-0.4, -0.2) is 30.1 Å². The number of hydrogen-bond acceptors (Lipinski definition) is 3. The highest BCUT2D eigenvalue weighted by atomic mass is 79.9. The van der Waals surface area contributed by atoms with Crippen LogP contribution >= 0.6 is 27.3 Å². The number of fused-ring (bicyclic) bond motifs is 2. The maximum atomic E-state index is 4.00. The van der Waals surface area contributed by atoms with Crippen molar-refractivity contribution in [3.8, 4) is 0 Å². The van der Waals surface area contributed by atoms with Gasteiger partial charge in [-0.2, -0.15) is 0 Å². The average Bonchev–Trinajstić information content (AvgIpc) is 3.05. The van der Waals surface area contributed by atoms with Gasteiger partial charge in [-0.25, -0.2) is 0 Å². The Hall–Kier alpha value is 0.1000. The van der Waals surface area contributed by atoms with Crippen LogP contribution in [0.15, 0.2) is 9.85 Å². The van der Waals surface area contributed by atoms with Gasteiger partial charge in [-0.15, -0.1) is 11.3 Å². The first-order chi connectivity index (χ1) is 9.31. The van der Waals surface area contributed by atoms with E-state index in [9.17, 15) is 0 Å². The van der Waals surface area contributed by atoms with Crippen molar-refractivity contribution in [2.45, 2.75) is 56.7 Å². The topological polar surface area (TPSA) is 15.3 Å². The first kappa shape index (κ1) is 12.8. The van der Waals surface area contributed by atoms with E-state index in [2.05, 4.69) is 32.2 Å². The first-order valence-corrected chi connectivity index (χ1v) is 9.20. The van der Waals surface area contributed by atoms with Gasteiger partial charge in [0.1, 0.15) is 0 Å². The number of nitrogens with zero attached hydrogens (tertiary/aromatic N) is 1. The number of nitrogens with one attached hydrogen (secondary N) is 1. The summed E-state index contributed by atoms with van der Waals surface area (Å²) in [5.41, 5.74) is 1.58. The summed E-state index contributed by atoms with van der Waals surface area (Å²) in [6, 6.07) is 4.53. The molecule has 3 heterocycles. The van der Waals surface area contributed by atoms with Crippen LogP contribution in [-0.2, 0) is 6.42 Å². The number of halogens is 1. The minimum absolute atomic E-state index is 0.608. The Balaban J connectivity index is 1.51. The Morgan fingerprint density at radius 3 is 3.11 bits per heavy atom. The van der Waals surface area contributed by atoms with E-state index in [0.717, 1.165) is 12.1 Å². The van der Waals surface area contributed by atoms with Gasteiger partial charge >= 0.3 is 0 Å². The Morgan fingerprint density at radius 1 is 1.21 bits per heavy atom. The Labute approximate surface area is 127 Å². The highest BCUT2D eigenvalue weighted by Gasteiger charge is 2.38. The number of thiophene rings is 1. The van der Waals surface area contributed by atoms with Crippen LogP contribution in [0.25, 0.3) is 0 Å². The van der Waals surface area contributed by atoms with Crippen molar-refractivity contribution in [3.63, 3.8) is 0 Å². The van der Waals surface area contributed by atoms with Gasteiger partial charge in [-0.1, -0.05) is 0 Å². The molecule has 1 aromatic heterocycles. The van der Waals surface area contributed by atoms with Crippen molar-refractivity contribution < 1.29 is 0 Å². The van der Waals surface area contributed by atoms with Gasteiger partial charge in [0.2, 0.25) is 0 Å². The van der Waals surface area contributed by atoms with Crippen molar-refractivity contribution in [1.29, 1.82) is 0 Å². The fourth-order valence-electron chi connectivity index (χ4n) is 4.23. The minimum Gasteiger partial charge on any atom is -0.306 e. The molecule has 2 aliphatic heterocycles. The molecule has 1 aromatic rings. The molecule has 0 amide bonds. The zero-order valence-electron chi connectivity index (χ0n) is 11.2. The summed E-state index contributed by atoms with van der Waals surface area (Å²) in [6.45, 7) is 2.65. The van der Waals surface area contributed by atoms with Crippen molar-refractivity contribution in [1.82, 2.24) is 10.2 Å². The molecule has 3 atom stereocenters. The van der Waals surface area contributed by atoms with Crippen LogP contribution in [0.1, 0.15) is 48.6 Å². The van der Waals surface area contributed by atoms with E-state index >= 15 is 0 Å². The molecule has 1 aliphatic carbocycles. The van der Waals surface area contributed by atoms with Gasteiger partial charge in [-0.05, 0) is 72.6 Å². The third kappa shape index (κ3) is 2.31. The summed E-state index contributed by atoms with van der Waals surface area (Å²) in [5.74, 6) is 0. The second-order valence-electron chi connectivity index (χ2n) is 6.18. The average molecular weight is 341 g/mol. The lowest BCUT2D eigenvalue weighted by Crippen LogP contribution is -2.41. The minimum atomic E-state index is 0.608. The van der Waals surface area contributed by atoms with Crippen LogP contribution in [0.2, 0.25) is 0 Å². The van der Waals surface area contributed by atoms with Crippen molar-refractivity contribution in [2.75, 3.05) is 13.1 Å². The molecule has 0 radical (unpaired) electrons. The molecule has 1 N–H and O–H groups in total. The van der Waals surface area contributed by atoms with Crippen molar-refractivity contribution in [2.24, 2.45) is 0 Å². The fraction of sp³-hybridized carbons (Fsp3) is 0.733. The molecule has 3 unspecified atom stereocenters. The SMILES string of the molecule is Brc1cc2c(s1)CCCC2NC1CCN2CCCC12. The van der Waals surface area contributed by atoms with E-state index < -0.39 is 0 Å². The summed E-state index contributed by atoms with van der Waals surface area (Å²) in [7, 11) is 0. The molecule has 19 heavy (non-hydrogen) atoms. The van der Waals surface area contributed by atoms with E-state index in [0.29, 0.717) is 6.04 Å². The normalized spacial score (nSPS) is 34.5. The maximum Gasteiger partial charge on any atom is 0.0704 e. The molecular formula is C15H21BrN2S. The molecule has 4 rings (SSSR count). The van der Waals surface area contributed by atoms with E-state index in [4.69, 9.17) is 0 Å². The fourth-order valence-corrected chi connectivity index (χ4v) is 6.05. The number of rotatable bonds is 2. The van der Waals surface area contributed by atoms with Gasteiger partial charge in [-0.3, -0.25) is 4.90 Å². The zero-order valence-corrected chi connectivity index (χ0v) is 13.6. The second-order valence-corrected chi connectivity index (χ2v) is 8.70. The monoisotopic (exact) mass is 340 g/mol. The molecule has 0 aromatic carbocycles. The molecule has 3 aliphatic rings. The Bertz CT molecular complexity index is 473. The molecule has 104 valence electrons. The molecule has 2 nitrogen and oxygen atoms in total. The van der Waals surface area contributed by atoms with Crippen LogP contribution < -0.4 is 5.32 Å². The van der Waals surface area contributed by atoms with Crippen LogP contribution in [0, 0.1) is 0 Å². The number of aryl methyl sites for hydroxylation is 1. The summed E-state index contributed by atoms with van der Waals surface area (Å²) in [6.07, 6.45) is 8.11. The molecule has 0 bridgehead atoms. The predicted octanol–water partition coefficient (Wildman–Crippen LogP) is 3.71. The van der Waals surface area contributed by atoms with Crippen molar-refractivity contribution >= 4 is 27.3 Å². The van der Waals surface area contributed by atoms with Gasteiger partial charge in [0.15, 0.2) is 0 Å². The summed E-state index contributed by atoms with van der Waals surface area (Å²) in [5, 5.41) is 4.00. The number of hydrogen-bond donors (Lipinski definition) is 1. The lowest BCUT2D eigenvalue weighted by Gasteiger charge is -2.30. The maximum absolute atomic E-state index is 4.00. The second kappa shape index (κ2) is 5.14. The quantitative estimate of drug-likeness (QED) is 0.882. The molecule has 4 heteroatoms. The van der Waals surface area contributed by atoms with Crippen molar-refractivity contribution in [3.05, 3.63) is 20.3 Å². The smallest absolute Gasteiger partial charge is 0.0704 e. The highest BCUT2D eigenvalue weighted by molar-refractivity contribution is 9.11. The van der Waals surface area contributed by atoms with Gasteiger partial charge in [0, 0.05) is 29.5 Å². The van der Waals surface area contributed by atoms with E-state index in [1.165, 1.54) is 55.4 Å². The zero-order chi connectivity index (χ0) is 12.8. The largest absolute Gasteiger partial charge is 0.306 e. The van der Waals surface area contributed by atoms with Gasteiger partial charge in [0.25, 0.3) is 0 Å². The lowest BCUT2D eigenvalue weighted by molar-refractivity contribution is 0.283. The molecule has 2 saturated heterocycles. The Morgan fingerprint density at radius 2 is 2.16 bits per heavy atom. The highest BCUT2D eigenvalue weighted by Crippen LogP contribution is 2.39. The summed E-state index contributed by atoms with van der Waals surface area (Å²) < 4.78 is 1.31. The third-order valence-electron chi connectivity index (χ3n) is 5.10. The van der Waals surface area contributed by atoms with Crippen LogP contribution in [0.4, 0.5) is 0 Å². The third-order valence-corrected chi connectivity index (χ3v) is 6.82. The summed E-state index contributed by atoms with van der Waals surface area (Å²) in [4.78, 5) is 4.31. The first-order valence-electron chi connectivity index (χ1n) is 7.59. The standard InChI is InChI=1S/C15H21BrN2S/c16-15-9-10-11(3-1-5-14(10)19-15)17-12-6-8-18-7-2-4-13(12)18/h9,11-13,17H,1-8H2. The van der Waals surface area contributed by atoms with E-state index in [-0.39, 0.29) is 0 Å². The summed E-state index contributed by atoms with van der Waals surface area (Å²) >= 11 is 5.60. The molecule has 0 saturated carbocycles. The van der Waals surface area contributed by atoms with E-state index in [1.807, 2.05) is 11.3 Å². The Kier molecular flexibility index (Phi) is 3.46. The van der Waals surface area contributed by atoms with E-state index in [1.54, 1.807) is 10.4 Å². The van der Waals surface area contributed by atoms with Gasteiger partial charge in [0.05, 0.1) is 3.79 Å². The molecular weight excluding hydrogens is 320 g/mol.